The van der Waals surface area contributed by atoms with E-state index in [9.17, 15) is 5.11 Å². The third-order valence-corrected chi connectivity index (χ3v) is 4.22. The highest BCUT2D eigenvalue weighted by Crippen LogP contribution is 2.10. The molecule has 2 rings (SSSR count). The van der Waals surface area contributed by atoms with Gasteiger partial charge < -0.3 is 20.5 Å². The first-order valence-electron chi connectivity index (χ1n) is 8.54. The van der Waals surface area contributed by atoms with Gasteiger partial charge in [0.25, 0.3) is 0 Å². The third kappa shape index (κ3) is 6.44. The molecule has 22 heavy (non-hydrogen) atoms. The Kier molecular flexibility index (Phi) is 7.88. The number of benzene rings is 1. The smallest absolute Gasteiger partial charge is 0.0667 e. The largest absolute Gasteiger partial charge is 0.392 e. The van der Waals surface area contributed by atoms with E-state index in [0.29, 0.717) is 6.54 Å². The number of nitrogens with zero attached hydrogens (tertiary/aromatic N) is 1. The fourth-order valence-electron chi connectivity index (χ4n) is 3.02. The number of likely N-dealkylation sites (tertiary alicyclic amines) is 1. The Morgan fingerprint density at radius 2 is 2.05 bits per heavy atom. The molecule has 1 heterocycles. The van der Waals surface area contributed by atoms with Crippen LogP contribution in [0.1, 0.15) is 36.8 Å². The first-order valence-corrected chi connectivity index (χ1v) is 8.54. The number of β-amino-alcohol motifs (C(OH)–C–C–N with tert-alkyl or cyclic N) is 1. The lowest BCUT2D eigenvalue weighted by atomic mass is 10.1. The average Bonchev–Trinajstić information content (AvgIpc) is 2.54. The summed E-state index contributed by atoms with van der Waals surface area (Å²) in [4.78, 5) is 2.34. The van der Waals surface area contributed by atoms with Gasteiger partial charge in [-0.1, -0.05) is 24.3 Å². The Labute approximate surface area is 134 Å². The molecule has 0 spiro atoms. The summed E-state index contributed by atoms with van der Waals surface area (Å²) in [5, 5.41) is 9.62. The van der Waals surface area contributed by atoms with Gasteiger partial charge in [0.1, 0.15) is 0 Å². The minimum absolute atomic E-state index is 0.126. The minimum Gasteiger partial charge on any atom is -0.392 e. The minimum atomic E-state index is -0.126. The van der Waals surface area contributed by atoms with Gasteiger partial charge in [0.15, 0.2) is 0 Å². The number of ether oxygens (including phenoxy) is 1. The van der Waals surface area contributed by atoms with E-state index in [4.69, 9.17) is 10.5 Å². The second-order valence-electron chi connectivity index (χ2n) is 6.19. The number of piperidine rings is 1. The summed E-state index contributed by atoms with van der Waals surface area (Å²) in [5.74, 6) is 0. The summed E-state index contributed by atoms with van der Waals surface area (Å²) >= 11 is 0. The highest BCUT2D eigenvalue weighted by Gasteiger charge is 2.16. The van der Waals surface area contributed by atoms with E-state index >= 15 is 0 Å². The maximum atomic E-state index is 9.62. The van der Waals surface area contributed by atoms with Gasteiger partial charge in [-0.3, -0.25) is 0 Å². The molecule has 0 bridgehead atoms. The van der Waals surface area contributed by atoms with Crippen LogP contribution in [0.5, 0.6) is 0 Å². The summed E-state index contributed by atoms with van der Waals surface area (Å²) in [6.45, 7) is 5.22. The van der Waals surface area contributed by atoms with Crippen LogP contribution in [0.3, 0.4) is 0 Å². The van der Waals surface area contributed by atoms with Crippen molar-refractivity contribution < 1.29 is 9.84 Å². The van der Waals surface area contributed by atoms with Gasteiger partial charge in [0, 0.05) is 32.8 Å². The van der Waals surface area contributed by atoms with Crippen LogP contribution in [0, 0.1) is 0 Å². The zero-order chi connectivity index (χ0) is 15.6. The topological polar surface area (TPSA) is 58.7 Å². The molecular formula is C18H30N2O2. The first-order chi connectivity index (χ1) is 10.8. The quantitative estimate of drug-likeness (QED) is 0.685. The van der Waals surface area contributed by atoms with Crippen LogP contribution in [-0.2, 0) is 17.7 Å². The Hall–Kier alpha value is -0.940. The number of hydrogen-bond donors (Lipinski definition) is 2. The zero-order valence-corrected chi connectivity index (χ0v) is 13.5. The molecule has 0 amide bonds. The molecule has 0 saturated carbocycles. The lowest BCUT2D eigenvalue weighted by Crippen LogP contribution is -2.38. The lowest BCUT2D eigenvalue weighted by molar-refractivity contribution is 0.0606. The predicted octanol–water partition coefficient (Wildman–Crippen LogP) is 1.94. The van der Waals surface area contributed by atoms with Crippen LogP contribution in [-0.4, -0.2) is 49.0 Å². The van der Waals surface area contributed by atoms with Crippen molar-refractivity contribution in [2.75, 3.05) is 32.8 Å². The fourth-order valence-corrected chi connectivity index (χ4v) is 3.02. The highest BCUT2D eigenvalue weighted by atomic mass is 16.5. The van der Waals surface area contributed by atoms with Gasteiger partial charge in [-0.25, -0.2) is 0 Å². The number of nitrogens with two attached hydrogens (primary N) is 1. The van der Waals surface area contributed by atoms with Crippen molar-refractivity contribution in [3.63, 3.8) is 0 Å². The van der Waals surface area contributed by atoms with E-state index in [0.717, 1.165) is 65.0 Å². The van der Waals surface area contributed by atoms with Crippen molar-refractivity contribution in [2.45, 2.75) is 44.8 Å². The summed E-state index contributed by atoms with van der Waals surface area (Å²) in [6, 6.07) is 8.48. The second kappa shape index (κ2) is 9.95. The Morgan fingerprint density at radius 3 is 2.86 bits per heavy atom. The first kappa shape index (κ1) is 17.4. The molecule has 124 valence electrons. The molecule has 0 radical (unpaired) electrons. The van der Waals surface area contributed by atoms with Gasteiger partial charge in [0.05, 0.1) is 6.10 Å². The number of aliphatic hydroxyl groups excluding tert-OH is 1. The number of rotatable bonds is 9. The molecule has 1 aliphatic heterocycles. The SMILES string of the molecule is NCc1cccc(CCCOCCCN2CCCC(O)C2)c1. The molecule has 1 aromatic rings. The summed E-state index contributed by atoms with van der Waals surface area (Å²) < 4.78 is 5.72. The van der Waals surface area contributed by atoms with Crippen molar-refractivity contribution >= 4 is 0 Å². The number of aliphatic hydroxyl groups is 1. The van der Waals surface area contributed by atoms with Gasteiger partial charge in [-0.2, -0.15) is 0 Å². The average molecular weight is 306 g/mol. The van der Waals surface area contributed by atoms with Crippen molar-refractivity contribution in [3.8, 4) is 0 Å². The molecule has 1 fully saturated rings. The third-order valence-electron chi connectivity index (χ3n) is 4.22. The maximum Gasteiger partial charge on any atom is 0.0667 e. The second-order valence-corrected chi connectivity index (χ2v) is 6.19. The van der Waals surface area contributed by atoms with E-state index in [1.165, 1.54) is 11.1 Å². The maximum absolute atomic E-state index is 9.62. The summed E-state index contributed by atoms with van der Waals surface area (Å²) in [5.41, 5.74) is 8.19. The molecule has 1 atom stereocenters. The van der Waals surface area contributed by atoms with Crippen LogP contribution in [0.2, 0.25) is 0 Å². The Bertz CT molecular complexity index is 425. The van der Waals surface area contributed by atoms with Gasteiger partial charge in [0.2, 0.25) is 0 Å². The molecule has 1 saturated heterocycles. The normalized spacial score (nSPS) is 19.5. The molecule has 1 aliphatic rings. The van der Waals surface area contributed by atoms with Gasteiger partial charge in [-0.15, -0.1) is 0 Å². The van der Waals surface area contributed by atoms with Crippen LogP contribution in [0.4, 0.5) is 0 Å². The number of aryl methyl sites for hydroxylation is 1. The van der Waals surface area contributed by atoms with Crippen LogP contribution in [0.25, 0.3) is 0 Å². The van der Waals surface area contributed by atoms with Gasteiger partial charge in [-0.05, 0) is 49.8 Å². The van der Waals surface area contributed by atoms with Crippen LogP contribution in [0.15, 0.2) is 24.3 Å². The van der Waals surface area contributed by atoms with Crippen molar-refractivity contribution in [3.05, 3.63) is 35.4 Å². The Balaban J connectivity index is 1.49. The van der Waals surface area contributed by atoms with E-state index in [1.807, 2.05) is 0 Å². The molecule has 0 aliphatic carbocycles. The molecule has 0 aromatic heterocycles. The monoisotopic (exact) mass is 306 g/mol. The molecular weight excluding hydrogens is 276 g/mol. The zero-order valence-electron chi connectivity index (χ0n) is 13.5. The standard InChI is InChI=1S/C18H30N2O2/c19-14-17-6-1-5-16(13-17)7-3-11-22-12-4-10-20-9-2-8-18(21)15-20/h1,5-6,13,18,21H,2-4,7-12,14-15,19H2. The van der Waals surface area contributed by atoms with E-state index < -0.39 is 0 Å². The molecule has 4 heteroatoms. The van der Waals surface area contributed by atoms with Crippen molar-refractivity contribution in [1.82, 2.24) is 4.90 Å². The van der Waals surface area contributed by atoms with Gasteiger partial charge >= 0.3 is 0 Å². The lowest BCUT2D eigenvalue weighted by Gasteiger charge is -2.29. The summed E-state index contributed by atoms with van der Waals surface area (Å²) in [7, 11) is 0. The van der Waals surface area contributed by atoms with Crippen molar-refractivity contribution in [2.24, 2.45) is 5.73 Å². The Morgan fingerprint density at radius 1 is 1.23 bits per heavy atom. The van der Waals surface area contributed by atoms with Crippen LogP contribution >= 0.6 is 0 Å². The fraction of sp³-hybridized carbons (Fsp3) is 0.667. The predicted molar refractivity (Wildman–Crippen MR) is 89.8 cm³/mol. The number of hydrogen-bond acceptors (Lipinski definition) is 4. The molecule has 4 nitrogen and oxygen atoms in total. The highest BCUT2D eigenvalue weighted by molar-refractivity contribution is 5.23. The van der Waals surface area contributed by atoms with E-state index in [-0.39, 0.29) is 6.10 Å². The molecule has 1 unspecified atom stereocenters. The van der Waals surface area contributed by atoms with E-state index in [2.05, 4.69) is 29.2 Å². The van der Waals surface area contributed by atoms with Crippen LogP contribution < -0.4 is 5.73 Å². The molecule has 1 aromatic carbocycles. The van der Waals surface area contributed by atoms with Crippen molar-refractivity contribution in [1.29, 1.82) is 0 Å². The molecule has 3 N–H and O–H groups in total. The summed E-state index contributed by atoms with van der Waals surface area (Å²) in [6.07, 6.45) is 5.10. The van der Waals surface area contributed by atoms with E-state index in [1.54, 1.807) is 0 Å².